The number of anilines is 1. The summed E-state index contributed by atoms with van der Waals surface area (Å²) in [5.41, 5.74) is 0.235. The van der Waals surface area contributed by atoms with Crippen LogP contribution in [0.25, 0.3) is 0 Å². The van der Waals surface area contributed by atoms with Gasteiger partial charge in [0.1, 0.15) is 17.0 Å². The lowest BCUT2D eigenvalue weighted by Crippen LogP contribution is -2.14. The molecular weight excluding hydrogens is 290 g/mol. The molecule has 1 amide bonds. The third kappa shape index (κ3) is 4.45. The molecule has 0 aliphatic rings. The summed E-state index contributed by atoms with van der Waals surface area (Å²) in [5.74, 6) is 0.0232. The standard InChI is InChI=1S/C13H17N5O2S/c1-3-5-6-11-17-18-13(21-11)16-12(19)9-7-10(20-4-2)15-8-14-9/h7-8H,3-6H2,1-2H3,(H,16,18,19). The summed E-state index contributed by atoms with van der Waals surface area (Å²) in [7, 11) is 0. The van der Waals surface area contributed by atoms with Crippen molar-refractivity contribution in [2.45, 2.75) is 33.1 Å². The average molecular weight is 307 g/mol. The second kappa shape index (κ2) is 7.63. The molecule has 0 aliphatic carbocycles. The zero-order chi connectivity index (χ0) is 15.1. The van der Waals surface area contributed by atoms with Gasteiger partial charge in [0, 0.05) is 12.5 Å². The van der Waals surface area contributed by atoms with Gasteiger partial charge in [-0.25, -0.2) is 9.97 Å². The van der Waals surface area contributed by atoms with Crippen LogP contribution in [0.4, 0.5) is 5.13 Å². The van der Waals surface area contributed by atoms with Crippen LogP contribution in [0, 0.1) is 0 Å². The minimum Gasteiger partial charge on any atom is -0.478 e. The number of ether oxygens (including phenoxy) is 1. The SMILES string of the molecule is CCCCc1nnc(NC(=O)c2cc(OCC)ncn2)s1. The van der Waals surface area contributed by atoms with Gasteiger partial charge < -0.3 is 4.74 Å². The molecule has 0 radical (unpaired) electrons. The lowest BCUT2D eigenvalue weighted by molar-refractivity contribution is 0.102. The number of aromatic nitrogens is 4. The first-order valence-electron chi connectivity index (χ1n) is 6.81. The molecule has 1 N–H and O–H groups in total. The number of aryl methyl sites for hydroxylation is 1. The van der Waals surface area contributed by atoms with Crippen molar-refractivity contribution in [3.8, 4) is 5.88 Å². The Balaban J connectivity index is 2.00. The molecule has 0 aliphatic heterocycles. The molecular formula is C13H17N5O2S. The zero-order valence-electron chi connectivity index (χ0n) is 12.0. The maximum Gasteiger partial charge on any atom is 0.276 e. The van der Waals surface area contributed by atoms with Crippen molar-refractivity contribution in [2.75, 3.05) is 11.9 Å². The molecule has 2 aromatic rings. The van der Waals surface area contributed by atoms with E-state index in [-0.39, 0.29) is 11.6 Å². The summed E-state index contributed by atoms with van der Waals surface area (Å²) >= 11 is 1.38. The van der Waals surface area contributed by atoms with Crippen LogP contribution in [0.15, 0.2) is 12.4 Å². The van der Waals surface area contributed by atoms with E-state index in [1.807, 2.05) is 6.92 Å². The minimum absolute atomic E-state index is 0.235. The highest BCUT2D eigenvalue weighted by Gasteiger charge is 2.12. The first-order valence-corrected chi connectivity index (χ1v) is 7.63. The van der Waals surface area contributed by atoms with Crippen LogP contribution in [-0.2, 0) is 6.42 Å². The van der Waals surface area contributed by atoms with Gasteiger partial charge in [0.2, 0.25) is 11.0 Å². The van der Waals surface area contributed by atoms with Gasteiger partial charge in [0.15, 0.2) is 0 Å². The Hall–Kier alpha value is -2.09. The van der Waals surface area contributed by atoms with Crippen LogP contribution in [0.1, 0.15) is 42.2 Å². The number of amides is 1. The smallest absolute Gasteiger partial charge is 0.276 e. The quantitative estimate of drug-likeness (QED) is 0.844. The van der Waals surface area contributed by atoms with E-state index in [2.05, 4.69) is 32.4 Å². The third-order valence-electron chi connectivity index (χ3n) is 2.60. The highest BCUT2D eigenvalue weighted by Crippen LogP contribution is 2.18. The summed E-state index contributed by atoms with van der Waals surface area (Å²) < 4.78 is 5.24. The first kappa shape index (κ1) is 15.3. The molecule has 21 heavy (non-hydrogen) atoms. The Morgan fingerprint density at radius 1 is 1.33 bits per heavy atom. The topological polar surface area (TPSA) is 89.9 Å². The van der Waals surface area contributed by atoms with E-state index < -0.39 is 0 Å². The molecule has 0 spiro atoms. The Kier molecular flexibility index (Phi) is 5.56. The summed E-state index contributed by atoms with van der Waals surface area (Å²) in [4.78, 5) is 19.9. The van der Waals surface area contributed by atoms with Crippen LogP contribution in [-0.4, -0.2) is 32.7 Å². The van der Waals surface area contributed by atoms with Gasteiger partial charge in [-0.2, -0.15) is 0 Å². The van der Waals surface area contributed by atoms with E-state index in [1.165, 1.54) is 23.7 Å². The van der Waals surface area contributed by atoms with Gasteiger partial charge in [-0.15, -0.1) is 10.2 Å². The Labute approximate surface area is 126 Å². The largest absolute Gasteiger partial charge is 0.478 e. The summed E-state index contributed by atoms with van der Waals surface area (Å²) in [6.07, 6.45) is 4.34. The fourth-order valence-corrected chi connectivity index (χ4v) is 2.36. The molecule has 0 unspecified atom stereocenters. The Morgan fingerprint density at radius 3 is 2.95 bits per heavy atom. The van der Waals surface area contributed by atoms with Gasteiger partial charge in [0.25, 0.3) is 5.91 Å². The Bertz CT molecular complexity index is 602. The molecule has 0 saturated carbocycles. The first-order chi connectivity index (χ1) is 10.2. The molecule has 0 aromatic carbocycles. The average Bonchev–Trinajstić information content (AvgIpc) is 2.93. The van der Waals surface area contributed by atoms with Crippen molar-refractivity contribution < 1.29 is 9.53 Å². The number of nitrogens with one attached hydrogen (secondary N) is 1. The maximum atomic E-state index is 12.1. The molecule has 0 bridgehead atoms. The molecule has 7 nitrogen and oxygen atoms in total. The molecule has 2 heterocycles. The molecule has 2 aromatic heterocycles. The number of unbranched alkanes of at least 4 members (excludes halogenated alkanes) is 1. The number of carbonyl (C=O) groups excluding carboxylic acids is 1. The molecule has 0 atom stereocenters. The van der Waals surface area contributed by atoms with E-state index in [1.54, 1.807) is 0 Å². The van der Waals surface area contributed by atoms with Crippen LogP contribution in [0.3, 0.4) is 0 Å². The zero-order valence-corrected chi connectivity index (χ0v) is 12.8. The predicted molar refractivity (Wildman–Crippen MR) is 79.7 cm³/mol. The fraction of sp³-hybridized carbons (Fsp3) is 0.462. The highest BCUT2D eigenvalue weighted by atomic mass is 32.1. The number of hydrogen-bond acceptors (Lipinski definition) is 7. The minimum atomic E-state index is -0.350. The molecule has 112 valence electrons. The second-order valence-corrected chi connectivity index (χ2v) is 5.30. The van der Waals surface area contributed by atoms with Gasteiger partial charge in [-0.05, 0) is 13.3 Å². The van der Waals surface area contributed by atoms with E-state index in [9.17, 15) is 4.79 Å². The molecule has 0 saturated heterocycles. The number of nitrogens with zero attached hydrogens (tertiary/aromatic N) is 4. The highest BCUT2D eigenvalue weighted by molar-refractivity contribution is 7.15. The summed E-state index contributed by atoms with van der Waals surface area (Å²) in [6, 6.07) is 1.50. The van der Waals surface area contributed by atoms with E-state index in [0.717, 1.165) is 24.3 Å². The van der Waals surface area contributed by atoms with Crippen molar-refractivity contribution in [1.29, 1.82) is 0 Å². The molecule has 0 fully saturated rings. The third-order valence-corrected chi connectivity index (χ3v) is 3.50. The molecule has 2 rings (SSSR count). The number of carbonyl (C=O) groups is 1. The van der Waals surface area contributed by atoms with Crippen LogP contribution in [0.2, 0.25) is 0 Å². The van der Waals surface area contributed by atoms with Gasteiger partial charge in [-0.3, -0.25) is 10.1 Å². The van der Waals surface area contributed by atoms with Crippen LogP contribution in [0.5, 0.6) is 5.88 Å². The lowest BCUT2D eigenvalue weighted by atomic mass is 10.3. The second-order valence-electron chi connectivity index (χ2n) is 4.23. The van der Waals surface area contributed by atoms with Gasteiger partial charge in [0.05, 0.1) is 6.61 Å². The van der Waals surface area contributed by atoms with E-state index in [4.69, 9.17) is 4.74 Å². The van der Waals surface area contributed by atoms with Crippen molar-refractivity contribution in [3.63, 3.8) is 0 Å². The molecule has 8 heteroatoms. The van der Waals surface area contributed by atoms with Crippen molar-refractivity contribution >= 4 is 22.4 Å². The fourth-order valence-electron chi connectivity index (χ4n) is 1.58. The van der Waals surface area contributed by atoms with Gasteiger partial charge >= 0.3 is 0 Å². The summed E-state index contributed by atoms with van der Waals surface area (Å²) in [5, 5.41) is 12.1. The van der Waals surface area contributed by atoms with Crippen LogP contribution < -0.4 is 10.1 Å². The maximum absolute atomic E-state index is 12.1. The lowest BCUT2D eigenvalue weighted by Gasteiger charge is -2.03. The van der Waals surface area contributed by atoms with Crippen molar-refractivity contribution in [1.82, 2.24) is 20.2 Å². The predicted octanol–water partition coefficient (Wildman–Crippen LogP) is 2.32. The van der Waals surface area contributed by atoms with E-state index >= 15 is 0 Å². The van der Waals surface area contributed by atoms with Gasteiger partial charge in [-0.1, -0.05) is 24.7 Å². The van der Waals surface area contributed by atoms with Crippen LogP contribution >= 0.6 is 11.3 Å². The number of rotatable bonds is 7. The Morgan fingerprint density at radius 2 is 2.19 bits per heavy atom. The normalized spacial score (nSPS) is 10.4. The van der Waals surface area contributed by atoms with Crippen molar-refractivity contribution in [3.05, 3.63) is 23.1 Å². The monoisotopic (exact) mass is 307 g/mol. The summed E-state index contributed by atoms with van der Waals surface area (Å²) in [6.45, 7) is 4.45. The van der Waals surface area contributed by atoms with E-state index in [0.29, 0.717) is 17.6 Å². The number of hydrogen-bond donors (Lipinski definition) is 1. The van der Waals surface area contributed by atoms with Crippen molar-refractivity contribution in [2.24, 2.45) is 0 Å².